The molecule has 1 aromatic rings. The van der Waals surface area contributed by atoms with Gasteiger partial charge in [0, 0.05) is 26.6 Å². The minimum Gasteiger partial charge on any atom is -0.469 e. The Hall–Kier alpha value is -0.970. The van der Waals surface area contributed by atoms with Gasteiger partial charge in [-0.2, -0.15) is 13.2 Å². The van der Waals surface area contributed by atoms with Crippen molar-refractivity contribution in [3.05, 3.63) is 24.2 Å². The molecule has 0 aromatic carbocycles. The summed E-state index contributed by atoms with van der Waals surface area (Å²) in [6.07, 6.45) is -1.18. The van der Waals surface area contributed by atoms with Crippen molar-refractivity contribution in [1.29, 1.82) is 0 Å². The molecule has 2 N–H and O–H groups in total. The van der Waals surface area contributed by atoms with Crippen LogP contribution in [-0.2, 0) is 6.42 Å². The van der Waals surface area contributed by atoms with Gasteiger partial charge in [0.15, 0.2) is 5.96 Å². The van der Waals surface area contributed by atoms with Crippen LogP contribution < -0.4 is 10.6 Å². The van der Waals surface area contributed by atoms with Crippen molar-refractivity contribution >= 4 is 29.9 Å². The second kappa shape index (κ2) is 11.5. The third-order valence-electron chi connectivity index (χ3n) is 2.93. The van der Waals surface area contributed by atoms with Crippen LogP contribution in [0.4, 0.5) is 13.2 Å². The van der Waals surface area contributed by atoms with Gasteiger partial charge in [-0.1, -0.05) is 0 Å². The molecule has 1 rings (SSSR count). The molecule has 0 amide bonds. The maximum absolute atomic E-state index is 12.2. The highest BCUT2D eigenvalue weighted by atomic mass is 127. The van der Waals surface area contributed by atoms with Crippen LogP contribution in [0.1, 0.15) is 12.2 Å². The van der Waals surface area contributed by atoms with Crippen LogP contribution in [0.25, 0.3) is 0 Å². The lowest BCUT2D eigenvalue weighted by atomic mass is 10.3. The Labute approximate surface area is 151 Å². The zero-order chi connectivity index (χ0) is 16.4. The van der Waals surface area contributed by atoms with E-state index in [0.717, 1.165) is 12.2 Å². The number of nitrogens with zero attached hydrogens (tertiary/aromatic N) is 2. The monoisotopic (exact) mass is 448 g/mol. The van der Waals surface area contributed by atoms with Gasteiger partial charge in [-0.25, -0.2) is 0 Å². The summed E-state index contributed by atoms with van der Waals surface area (Å²) < 4.78 is 41.7. The molecule has 0 fully saturated rings. The molecule has 9 heteroatoms. The summed E-state index contributed by atoms with van der Waals surface area (Å²) in [5.41, 5.74) is 0. The van der Waals surface area contributed by atoms with Crippen molar-refractivity contribution in [3.8, 4) is 0 Å². The van der Waals surface area contributed by atoms with E-state index in [-0.39, 0.29) is 24.0 Å². The summed E-state index contributed by atoms with van der Waals surface area (Å²) in [5, 5.41) is 6.19. The van der Waals surface area contributed by atoms with Gasteiger partial charge in [-0.15, -0.1) is 24.0 Å². The first-order valence-corrected chi connectivity index (χ1v) is 7.13. The Morgan fingerprint density at radius 2 is 2.00 bits per heavy atom. The highest BCUT2D eigenvalue weighted by molar-refractivity contribution is 14.0. The zero-order valence-corrected chi connectivity index (χ0v) is 15.6. The van der Waals surface area contributed by atoms with Crippen molar-refractivity contribution in [3.63, 3.8) is 0 Å². The molecule has 23 heavy (non-hydrogen) atoms. The molecule has 0 saturated heterocycles. The summed E-state index contributed by atoms with van der Waals surface area (Å²) in [7, 11) is 3.11. The first kappa shape index (κ1) is 22.0. The number of hydrogen-bond donors (Lipinski definition) is 2. The number of nitrogens with one attached hydrogen (secondary N) is 2. The van der Waals surface area contributed by atoms with Crippen molar-refractivity contribution < 1.29 is 17.6 Å². The molecule has 0 spiro atoms. The van der Waals surface area contributed by atoms with E-state index in [4.69, 9.17) is 4.42 Å². The Bertz CT molecular complexity index is 438. The van der Waals surface area contributed by atoms with E-state index >= 15 is 0 Å². The van der Waals surface area contributed by atoms with Crippen molar-refractivity contribution in [1.82, 2.24) is 15.5 Å². The van der Waals surface area contributed by atoms with E-state index < -0.39 is 12.7 Å². The van der Waals surface area contributed by atoms with Crippen LogP contribution in [0.3, 0.4) is 0 Å². The van der Waals surface area contributed by atoms with Crippen LogP contribution in [0.5, 0.6) is 0 Å². The summed E-state index contributed by atoms with van der Waals surface area (Å²) in [6.45, 7) is 0.711. The zero-order valence-electron chi connectivity index (χ0n) is 13.3. The normalized spacial score (nSPS) is 12.2. The van der Waals surface area contributed by atoms with Crippen LogP contribution in [-0.4, -0.2) is 57.3 Å². The average molecular weight is 448 g/mol. The third kappa shape index (κ3) is 11.2. The molecule has 0 atom stereocenters. The van der Waals surface area contributed by atoms with Crippen LogP contribution >= 0.6 is 24.0 Å². The van der Waals surface area contributed by atoms with Gasteiger partial charge < -0.3 is 15.1 Å². The van der Waals surface area contributed by atoms with Gasteiger partial charge in [-0.3, -0.25) is 9.89 Å². The molecule has 0 saturated carbocycles. The maximum atomic E-state index is 12.2. The van der Waals surface area contributed by atoms with Gasteiger partial charge >= 0.3 is 6.18 Å². The third-order valence-corrected chi connectivity index (χ3v) is 2.93. The maximum Gasteiger partial charge on any atom is 0.401 e. The SMILES string of the molecule is CN=C(NCCCN(C)CC(F)(F)F)NCCc1ccco1.I. The second-order valence-corrected chi connectivity index (χ2v) is 4.96. The molecule has 134 valence electrons. The molecule has 0 unspecified atom stereocenters. The van der Waals surface area contributed by atoms with Crippen molar-refractivity contribution in [2.45, 2.75) is 19.0 Å². The number of halogens is 4. The largest absolute Gasteiger partial charge is 0.469 e. The number of aliphatic imine (C=N–C) groups is 1. The number of alkyl halides is 3. The van der Waals surface area contributed by atoms with Crippen LogP contribution in [0, 0.1) is 0 Å². The highest BCUT2D eigenvalue weighted by Crippen LogP contribution is 2.15. The molecule has 5 nitrogen and oxygen atoms in total. The molecule has 0 aliphatic rings. The quantitative estimate of drug-likeness (QED) is 0.278. The van der Waals surface area contributed by atoms with Gasteiger partial charge in [0.25, 0.3) is 0 Å². The van der Waals surface area contributed by atoms with Crippen molar-refractivity contribution in [2.24, 2.45) is 4.99 Å². The lowest BCUT2D eigenvalue weighted by molar-refractivity contribution is -0.143. The van der Waals surface area contributed by atoms with E-state index in [1.165, 1.54) is 11.9 Å². The summed E-state index contributed by atoms with van der Waals surface area (Å²) in [4.78, 5) is 5.31. The number of furan rings is 1. The summed E-state index contributed by atoms with van der Waals surface area (Å²) in [5.74, 6) is 1.52. The molecule has 1 aromatic heterocycles. The average Bonchev–Trinajstić information content (AvgIpc) is 2.92. The van der Waals surface area contributed by atoms with E-state index in [1.54, 1.807) is 13.3 Å². The number of rotatable bonds is 8. The van der Waals surface area contributed by atoms with Gasteiger partial charge in [0.1, 0.15) is 5.76 Å². The fraction of sp³-hybridized carbons (Fsp3) is 0.643. The second-order valence-electron chi connectivity index (χ2n) is 4.96. The van der Waals surface area contributed by atoms with E-state index in [2.05, 4.69) is 15.6 Å². The molecule has 0 aliphatic carbocycles. The Morgan fingerprint density at radius 3 is 2.57 bits per heavy atom. The topological polar surface area (TPSA) is 52.8 Å². The van der Waals surface area contributed by atoms with Gasteiger partial charge in [-0.05, 0) is 32.1 Å². The van der Waals surface area contributed by atoms with Crippen LogP contribution in [0.15, 0.2) is 27.8 Å². The van der Waals surface area contributed by atoms with Crippen molar-refractivity contribution in [2.75, 3.05) is 40.3 Å². The lowest BCUT2D eigenvalue weighted by Gasteiger charge is -2.18. The highest BCUT2D eigenvalue weighted by Gasteiger charge is 2.28. The molecule has 1 heterocycles. The molecule has 0 radical (unpaired) electrons. The lowest BCUT2D eigenvalue weighted by Crippen LogP contribution is -2.40. The number of guanidine groups is 1. The van der Waals surface area contributed by atoms with Crippen LogP contribution in [0.2, 0.25) is 0 Å². The van der Waals surface area contributed by atoms with E-state index in [1.807, 2.05) is 12.1 Å². The summed E-state index contributed by atoms with van der Waals surface area (Å²) >= 11 is 0. The number of hydrogen-bond acceptors (Lipinski definition) is 3. The van der Waals surface area contributed by atoms with E-state index in [0.29, 0.717) is 32.0 Å². The minimum absolute atomic E-state index is 0. The first-order valence-electron chi connectivity index (χ1n) is 7.13. The molecular formula is C14H24F3IN4O. The Morgan fingerprint density at radius 1 is 1.30 bits per heavy atom. The molecule has 0 bridgehead atoms. The standard InChI is InChI=1S/C14H23F3N4O.HI/c1-18-13(20-8-6-12-5-3-10-22-12)19-7-4-9-21(2)11-14(15,16)17;/h3,5,10H,4,6-9,11H2,1-2H3,(H2,18,19,20);1H. The Kier molecular flexibility index (Phi) is 11.1. The predicted octanol–water partition coefficient (Wildman–Crippen LogP) is 2.49. The smallest absolute Gasteiger partial charge is 0.401 e. The first-order chi connectivity index (χ1) is 10.4. The molecular weight excluding hydrogens is 424 g/mol. The fourth-order valence-electron chi connectivity index (χ4n) is 1.92. The summed E-state index contributed by atoms with van der Waals surface area (Å²) in [6, 6.07) is 3.73. The molecule has 0 aliphatic heterocycles. The van der Waals surface area contributed by atoms with Gasteiger partial charge in [0.2, 0.25) is 0 Å². The minimum atomic E-state index is -4.15. The predicted molar refractivity (Wildman–Crippen MR) is 95.4 cm³/mol. The fourth-order valence-corrected chi connectivity index (χ4v) is 1.92. The van der Waals surface area contributed by atoms with E-state index in [9.17, 15) is 13.2 Å². The Balaban J connectivity index is 0.00000484. The van der Waals surface area contributed by atoms with Gasteiger partial charge in [0.05, 0.1) is 12.8 Å².